The van der Waals surface area contributed by atoms with Gasteiger partial charge >= 0.3 is 5.97 Å². The molecule has 0 aromatic carbocycles. The van der Waals surface area contributed by atoms with Crippen molar-refractivity contribution in [2.45, 2.75) is 19.3 Å². The largest absolute Gasteiger partial charge is 0.481 e. The second-order valence-electron chi connectivity index (χ2n) is 3.28. The van der Waals surface area contributed by atoms with E-state index in [1.54, 1.807) is 0 Å². The van der Waals surface area contributed by atoms with E-state index in [1.165, 1.54) is 16.7 Å². The molecule has 1 N–H and O–H groups in total. The van der Waals surface area contributed by atoms with Crippen molar-refractivity contribution in [1.82, 2.24) is 4.90 Å². The normalized spacial score (nSPS) is 16.9. The van der Waals surface area contributed by atoms with E-state index in [9.17, 15) is 14.4 Å². The highest BCUT2D eigenvalue weighted by Gasteiger charge is 2.25. The van der Waals surface area contributed by atoms with Crippen LogP contribution >= 0.6 is 11.8 Å². The van der Waals surface area contributed by atoms with Crippen molar-refractivity contribution in [2.75, 3.05) is 18.1 Å². The monoisotopic (exact) mass is 231 g/mol. The smallest absolute Gasteiger partial charge is 0.303 e. The van der Waals surface area contributed by atoms with E-state index in [1.807, 2.05) is 0 Å². The molecule has 0 aliphatic carbocycles. The molecule has 0 spiro atoms. The summed E-state index contributed by atoms with van der Waals surface area (Å²) in [5.74, 6) is -0.463. The van der Waals surface area contributed by atoms with Crippen molar-refractivity contribution < 1.29 is 19.5 Å². The van der Waals surface area contributed by atoms with E-state index < -0.39 is 5.97 Å². The first kappa shape index (κ1) is 12.0. The molecule has 1 aliphatic rings. The van der Waals surface area contributed by atoms with Crippen molar-refractivity contribution in [2.24, 2.45) is 0 Å². The number of carbonyl (C=O) groups is 3. The van der Waals surface area contributed by atoms with Gasteiger partial charge in [-0.3, -0.25) is 19.3 Å². The van der Waals surface area contributed by atoms with Gasteiger partial charge in [0.2, 0.25) is 11.8 Å². The van der Waals surface area contributed by atoms with Crippen LogP contribution in [0.5, 0.6) is 0 Å². The molecule has 1 saturated heterocycles. The molecule has 1 heterocycles. The Bertz CT molecular complexity index is 263. The van der Waals surface area contributed by atoms with Crippen molar-refractivity contribution in [1.29, 1.82) is 0 Å². The van der Waals surface area contributed by atoms with Crippen molar-refractivity contribution in [3.8, 4) is 0 Å². The highest BCUT2D eigenvalue weighted by Crippen LogP contribution is 2.13. The number of imide groups is 1. The molecule has 0 radical (unpaired) electrons. The maximum atomic E-state index is 11.3. The van der Waals surface area contributed by atoms with Crippen LogP contribution in [0, 0.1) is 0 Å². The average Bonchev–Trinajstić information content (AvgIpc) is 2.15. The Kier molecular flexibility index (Phi) is 4.61. The second-order valence-corrected chi connectivity index (χ2v) is 4.27. The van der Waals surface area contributed by atoms with E-state index in [4.69, 9.17) is 5.11 Å². The summed E-state index contributed by atoms with van der Waals surface area (Å²) in [6.07, 6.45) is 1.15. The lowest BCUT2D eigenvalue weighted by Gasteiger charge is -2.24. The summed E-state index contributed by atoms with van der Waals surface area (Å²) in [5.41, 5.74) is 0. The number of aliphatic carboxylic acids is 1. The summed E-state index contributed by atoms with van der Waals surface area (Å²) in [5, 5.41) is 8.40. The van der Waals surface area contributed by atoms with E-state index in [0.29, 0.717) is 30.9 Å². The molecule has 0 aromatic rings. The summed E-state index contributed by atoms with van der Waals surface area (Å²) >= 11 is 1.32. The third kappa shape index (κ3) is 3.91. The molecule has 1 aliphatic heterocycles. The number of hydrogen-bond acceptors (Lipinski definition) is 4. The van der Waals surface area contributed by atoms with Crippen molar-refractivity contribution >= 4 is 29.5 Å². The molecule has 2 amide bonds. The highest BCUT2D eigenvalue weighted by molar-refractivity contribution is 8.00. The first-order valence-corrected chi connectivity index (χ1v) is 5.89. The summed E-state index contributed by atoms with van der Waals surface area (Å²) in [4.78, 5) is 34.1. The Labute approximate surface area is 91.8 Å². The van der Waals surface area contributed by atoms with E-state index in [0.717, 1.165) is 0 Å². The van der Waals surface area contributed by atoms with Gasteiger partial charge in [0.1, 0.15) is 0 Å². The Morgan fingerprint density at radius 3 is 2.40 bits per heavy atom. The third-order valence-corrected chi connectivity index (χ3v) is 2.98. The molecule has 0 atom stereocenters. The molecule has 1 rings (SSSR count). The molecule has 0 bridgehead atoms. The Balaban J connectivity index is 2.26. The van der Waals surface area contributed by atoms with Gasteiger partial charge in [0.15, 0.2) is 0 Å². The zero-order valence-electron chi connectivity index (χ0n) is 8.27. The highest BCUT2D eigenvalue weighted by atomic mass is 32.2. The number of thioether (sulfide) groups is 1. The minimum absolute atomic E-state index is 0.0883. The molecule has 84 valence electrons. The van der Waals surface area contributed by atoms with Crippen LogP contribution in [0.15, 0.2) is 0 Å². The summed E-state index contributed by atoms with van der Waals surface area (Å²) < 4.78 is 0. The van der Waals surface area contributed by atoms with Gasteiger partial charge in [0.05, 0.1) is 11.5 Å². The van der Waals surface area contributed by atoms with Crippen LogP contribution in [-0.4, -0.2) is 45.8 Å². The molecule has 1 fully saturated rings. The topological polar surface area (TPSA) is 74.7 Å². The molecular weight excluding hydrogens is 218 g/mol. The van der Waals surface area contributed by atoms with Crippen molar-refractivity contribution in [3.05, 3.63) is 0 Å². The van der Waals surface area contributed by atoms with Crippen LogP contribution in [0.25, 0.3) is 0 Å². The molecule has 5 nitrogen and oxygen atoms in total. The van der Waals surface area contributed by atoms with Gasteiger partial charge in [0.25, 0.3) is 0 Å². The van der Waals surface area contributed by atoms with Crippen LogP contribution < -0.4 is 0 Å². The standard InChI is InChI=1S/C9H13NO4S/c11-7-5-15-6-8(12)10(7)4-2-1-3-9(13)14/h1-6H2,(H,13,14). The van der Waals surface area contributed by atoms with Crippen LogP contribution in [-0.2, 0) is 14.4 Å². The fourth-order valence-corrected chi connectivity index (χ4v) is 2.08. The van der Waals surface area contributed by atoms with E-state index in [-0.39, 0.29) is 18.2 Å². The minimum Gasteiger partial charge on any atom is -0.481 e. The van der Waals surface area contributed by atoms with Gasteiger partial charge in [-0.2, -0.15) is 0 Å². The fraction of sp³-hybridized carbons (Fsp3) is 0.667. The minimum atomic E-state index is -0.846. The SMILES string of the molecule is O=C(O)CCCCN1C(=O)CSCC1=O. The Morgan fingerprint density at radius 1 is 1.27 bits per heavy atom. The lowest BCUT2D eigenvalue weighted by Crippen LogP contribution is -2.43. The lowest BCUT2D eigenvalue weighted by molar-refractivity contribution is -0.142. The Morgan fingerprint density at radius 2 is 1.87 bits per heavy atom. The predicted molar refractivity (Wildman–Crippen MR) is 55.5 cm³/mol. The van der Waals surface area contributed by atoms with Gasteiger partial charge in [-0.15, -0.1) is 11.8 Å². The number of carbonyl (C=O) groups excluding carboxylic acids is 2. The van der Waals surface area contributed by atoms with E-state index >= 15 is 0 Å². The number of carboxylic acids is 1. The average molecular weight is 231 g/mol. The molecular formula is C9H13NO4S. The first-order valence-electron chi connectivity index (χ1n) is 4.74. The second kappa shape index (κ2) is 5.75. The van der Waals surface area contributed by atoms with Crippen LogP contribution in [0.4, 0.5) is 0 Å². The Hall–Kier alpha value is -1.04. The van der Waals surface area contributed by atoms with Gasteiger partial charge in [-0.25, -0.2) is 0 Å². The number of rotatable bonds is 5. The van der Waals surface area contributed by atoms with Crippen molar-refractivity contribution in [3.63, 3.8) is 0 Å². The maximum Gasteiger partial charge on any atom is 0.303 e. The predicted octanol–water partition coefficient (Wildman–Crippen LogP) is 0.343. The summed E-state index contributed by atoms with van der Waals surface area (Å²) in [6, 6.07) is 0. The quantitative estimate of drug-likeness (QED) is 0.545. The summed E-state index contributed by atoms with van der Waals surface area (Å²) in [6.45, 7) is 0.353. The fourth-order valence-electron chi connectivity index (χ4n) is 1.32. The number of nitrogens with zero attached hydrogens (tertiary/aromatic N) is 1. The van der Waals surface area contributed by atoms with E-state index in [2.05, 4.69) is 0 Å². The molecule has 15 heavy (non-hydrogen) atoms. The number of hydrogen-bond donors (Lipinski definition) is 1. The molecule has 0 aromatic heterocycles. The number of amides is 2. The lowest BCUT2D eigenvalue weighted by atomic mass is 10.2. The zero-order chi connectivity index (χ0) is 11.3. The molecule has 0 unspecified atom stereocenters. The zero-order valence-corrected chi connectivity index (χ0v) is 9.09. The van der Waals surface area contributed by atoms with Crippen LogP contribution in [0.1, 0.15) is 19.3 Å². The number of unbranched alkanes of at least 4 members (excludes halogenated alkanes) is 1. The number of carboxylic acid groups (broad SMARTS) is 1. The maximum absolute atomic E-state index is 11.3. The molecule has 0 saturated carbocycles. The summed E-state index contributed by atoms with van der Waals surface area (Å²) in [7, 11) is 0. The van der Waals surface area contributed by atoms with Gasteiger partial charge in [-0.05, 0) is 12.8 Å². The van der Waals surface area contributed by atoms with Gasteiger partial charge in [-0.1, -0.05) is 0 Å². The third-order valence-electron chi connectivity index (χ3n) is 2.08. The van der Waals surface area contributed by atoms with Crippen LogP contribution in [0.3, 0.4) is 0 Å². The first-order chi connectivity index (χ1) is 7.11. The molecule has 6 heteroatoms. The van der Waals surface area contributed by atoms with Gasteiger partial charge in [0, 0.05) is 13.0 Å². The van der Waals surface area contributed by atoms with Crippen LogP contribution in [0.2, 0.25) is 0 Å². The van der Waals surface area contributed by atoms with Gasteiger partial charge < -0.3 is 5.11 Å².